The van der Waals surface area contributed by atoms with E-state index in [0.29, 0.717) is 11.7 Å². The van der Waals surface area contributed by atoms with Gasteiger partial charge in [0.25, 0.3) is 0 Å². The summed E-state index contributed by atoms with van der Waals surface area (Å²) in [6, 6.07) is 2.96. The van der Waals surface area contributed by atoms with Crippen LogP contribution in [-0.4, -0.2) is 18.1 Å². The number of nitrogens with zero attached hydrogens (tertiary/aromatic N) is 2. The second kappa shape index (κ2) is 4.09. The lowest BCUT2D eigenvalue weighted by molar-refractivity contribution is 0.255. The Hall–Kier alpha value is -1.29. The molecule has 13 heavy (non-hydrogen) atoms. The molecule has 70 valence electrons. The van der Waals surface area contributed by atoms with Gasteiger partial charge in [-0.1, -0.05) is 0 Å². The summed E-state index contributed by atoms with van der Waals surface area (Å²) < 4.78 is 0. The number of alkyl halides is 1. The molecule has 0 saturated heterocycles. The van der Waals surface area contributed by atoms with E-state index >= 15 is 0 Å². The molecule has 0 fully saturated rings. The summed E-state index contributed by atoms with van der Waals surface area (Å²) in [5, 5.41) is 0. The van der Waals surface area contributed by atoms with Gasteiger partial charge in [0.2, 0.25) is 0 Å². The number of primary amides is 1. The number of carbonyl (C=O) groups excluding carboxylic acids is 1. The molecule has 1 aromatic rings. The number of halogens is 1. The molecule has 2 amide bonds. The van der Waals surface area contributed by atoms with Gasteiger partial charge in [0, 0.05) is 19.1 Å². The average Bonchev–Trinajstić information content (AvgIpc) is 2.16. The van der Waals surface area contributed by atoms with E-state index < -0.39 is 6.03 Å². The van der Waals surface area contributed by atoms with Gasteiger partial charge in [0.15, 0.2) is 0 Å². The first-order chi connectivity index (χ1) is 6.15. The number of carbonyl (C=O) groups is 1. The standard InChI is InChI=1S/C8H10ClN3O/c1-12(8(10)13)7-4-6(5-9)2-3-11-7/h2-4H,5H2,1H3,(H2,10,13). The van der Waals surface area contributed by atoms with Gasteiger partial charge in [-0.05, 0) is 17.7 Å². The van der Waals surface area contributed by atoms with Crippen LogP contribution in [0.2, 0.25) is 0 Å². The van der Waals surface area contributed by atoms with Crippen molar-refractivity contribution >= 4 is 23.4 Å². The van der Waals surface area contributed by atoms with E-state index in [4.69, 9.17) is 17.3 Å². The molecular formula is C8H10ClN3O. The van der Waals surface area contributed by atoms with Crippen molar-refractivity contribution in [3.8, 4) is 0 Å². The van der Waals surface area contributed by atoms with Crippen molar-refractivity contribution in [3.05, 3.63) is 23.9 Å². The van der Waals surface area contributed by atoms with Crippen LogP contribution in [0.15, 0.2) is 18.3 Å². The molecule has 5 heteroatoms. The normalized spacial score (nSPS) is 9.69. The molecule has 0 aromatic carbocycles. The Kier molecular flexibility index (Phi) is 3.08. The van der Waals surface area contributed by atoms with Crippen molar-refractivity contribution in [3.63, 3.8) is 0 Å². The van der Waals surface area contributed by atoms with Gasteiger partial charge in [-0.15, -0.1) is 11.6 Å². The predicted octanol–water partition coefficient (Wildman–Crippen LogP) is 1.34. The van der Waals surface area contributed by atoms with E-state index in [0.717, 1.165) is 5.56 Å². The fourth-order valence-corrected chi connectivity index (χ4v) is 1.01. The van der Waals surface area contributed by atoms with Crippen molar-refractivity contribution in [2.45, 2.75) is 5.88 Å². The second-order valence-electron chi connectivity index (χ2n) is 2.55. The molecular weight excluding hydrogens is 190 g/mol. The van der Waals surface area contributed by atoms with Gasteiger partial charge in [-0.2, -0.15) is 0 Å². The van der Waals surface area contributed by atoms with Gasteiger partial charge in [-0.3, -0.25) is 4.90 Å². The molecule has 0 spiro atoms. The largest absolute Gasteiger partial charge is 0.351 e. The highest BCUT2D eigenvalue weighted by atomic mass is 35.5. The van der Waals surface area contributed by atoms with Crippen LogP contribution in [0.4, 0.5) is 10.6 Å². The minimum absolute atomic E-state index is 0.391. The molecule has 0 unspecified atom stereocenters. The van der Waals surface area contributed by atoms with Crippen LogP contribution >= 0.6 is 11.6 Å². The summed E-state index contributed by atoms with van der Waals surface area (Å²) in [7, 11) is 1.56. The van der Waals surface area contributed by atoms with Crippen LogP contribution < -0.4 is 10.6 Å². The van der Waals surface area contributed by atoms with Gasteiger partial charge < -0.3 is 5.73 Å². The quantitative estimate of drug-likeness (QED) is 0.731. The summed E-state index contributed by atoms with van der Waals surface area (Å²) in [5.41, 5.74) is 5.98. The number of amides is 2. The number of aromatic nitrogens is 1. The van der Waals surface area contributed by atoms with Crippen LogP contribution in [0.5, 0.6) is 0 Å². The third-order valence-electron chi connectivity index (χ3n) is 1.64. The molecule has 0 aliphatic rings. The Labute approximate surface area is 81.3 Å². The molecule has 0 aliphatic heterocycles. The molecule has 0 bridgehead atoms. The molecule has 1 heterocycles. The fourth-order valence-electron chi connectivity index (χ4n) is 0.840. The zero-order valence-electron chi connectivity index (χ0n) is 7.20. The Morgan fingerprint density at radius 2 is 2.46 bits per heavy atom. The number of hydrogen-bond acceptors (Lipinski definition) is 2. The minimum Gasteiger partial charge on any atom is -0.351 e. The average molecular weight is 200 g/mol. The Morgan fingerprint density at radius 3 is 3.00 bits per heavy atom. The molecule has 0 atom stereocenters. The maximum atomic E-state index is 10.8. The zero-order valence-corrected chi connectivity index (χ0v) is 7.95. The SMILES string of the molecule is CN(C(N)=O)c1cc(CCl)ccn1. The van der Waals surface area contributed by atoms with Gasteiger partial charge >= 0.3 is 6.03 Å². The number of urea groups is 1. The van der Waals surface area contributed by atoms with E-state index in [2.05, 4.69) is 4.98 Å². The van der Waals surface area contributed by atoms with E-state index in [1.54, 1.807) is 25.4 Å². The van der Waals surface area contributed by atoms with E-state index in [-0.39, 0.29) is 0 Å². The van der Waals surface area contributed by atoms with Crippen molar-refractivity contribution in [2.75, 3.05) is 11.9 Å². The van der Waals surface area contributed by atoms with Crippen LogP contribution in [0.3, 0.4) is 0 Å². The predicted molar refractivity (Wildman–Crippen MR) is 51.8 cm³/mol. The summed E-state index contributed by atoms with van der Waals surface area (Å²) in [4.78, 5) is 16.0. The Morgan fingerprint density at radius 1 is 1.77 bits per heavy atom. The molecule has 0 aliphatic carbocycles. The number of nitrogens with two attached hydrogens (primary N) is 1. The minimum atomic E-state index is -0.542. The van der Waals surface area contributed by atoms with Crippen LogP contribution in [0.25, 0.3) is 0 Å². The van der Waals surface area contributed by atoms with Crippen LogP contribution in [0.1, 0.15) is 5.56 Å². The van der Waals surface area contributed by atoms with Crippen molar-refractivity contribution in [2.24, 2.45) is 5.73 Å². The lowest BCUT2D eigenvalue weighted by Gasteiger charge is -2.13. The number of hydrogen-bond donors (Lipinski definition) is 1. The topological polar surface area (TPSA) is 59.2 Å². The van der Waals surface area contributed by atoms with E-state index in [9.17, 15) is 4.79 Å². The maximum Gasteiger partial charge on any atom is 0.320 e. The van der Waals surface area contributed by atoms with Gasteiger partial charge in [-0.25, -0.2) is 9.78 Å². The monoisotopic (exact) mass is 199 g/mol. The highest BCUT2D eigenvalue weighted by Crippen LogP contribution is 2.12. The van der Waals surface area contributed by atoms with Crippen LogP contribution in [-0.2, 0) is 5.88 Å². The lowest BCUT2D eigenvalue weighted by Crippen LogP contribution is -2.32. The summed E-state index contributed by atoms with van der Waals surface area (Å²) in [6.45, 7) is 0. The fraction of sp³-hybridized carbons (Fsp3) is 0.250. The van der Waals surface area contributed by atoms with Gasteiger partial charge in [0.1, 0.15) is 5.82 Å². The molecule has 0 saturated carbocycles. The summed E-state index contributed by atoms with van der Waals surface area (Å²) in [5.74, 6) is 0.896. The highest BCUT2D eigenvalue weighted by Gasteiger charge is 2.07. The number of pyridine rings is 1. The Bertz CT molecular complexity index is 316. The van der Waals surface area contributed by atoms with Crippen molar-refractivity contribution < 1.29 is 4.79 Å². The third kappa shape index (κ3) is 2.32. The first kappa shape index (κ1) is 9.80. The smallest absolute Gasteiger partial charge is 0.320 e. The zero-order chi connectivity index (χ0) is 9.84. The Balaban J connectivity index is 2.94. The van der Waals surface area contributed by atoms with Gasteiger partial charge in [0.05, 0.1) is 0 Å². The number of rotatable bonds is 2. The van der Waals surface area contributed by atoms with E-state index in [1.807, 2.05) is 0 Å². The molecule has 0 radical (unpaired) electrons. The summed E-state index contributed by atoms with van der Waals surface area (Å²) in [6.07, 6.45) is 1.59. The van der Waals surface area contributed by atoms with Crippen LogP contribution in [0, 0.1) is 0 Å². The van der Waals surface area contributed by atoms with Crippen molar-refractivity contribution in [1.29, 1.82) is 0 Å². The molecule has 4 nitrogen and oxygen atoms in total. The second-order valence-corrected chi connectivity index (χ2v) is 2.82. The molecule has 2 N–H and O–H groups in total. The highest BCUT2D eigenvalue weighted by molar-refractivity contribution is 6.17. The van der Waals surface area contributed by atoms with Crippen molar-refractivity contribution in [1.82, 2.24) is 4.98 Å². The molecule has 1 aromatic heterocycles. The maximum absolute atomic E-state index is 10.8. The first-order valence-electron chi connectivity index (χ1n) is 3.69. The van der Waals surface area contributed by atoms with E-state index in [1.165, 1.54) is 4.90 Å². The molecule has 1 rings (SSSR count). The summed E-state index contributed by atoms with van der Waals surface area (Å²) >= 11 is 5.62. The number of anilines is 1. The first-order valence-corrected chi connectivity index (χ1v) is 4.22. The lowest BCUT2D eigenvalue weighted by atomic mass is 10.3. The third-order valence-corrected chi connectivity index (χ3v) is 1.95.